The van der Waals surface area contributed by atoms with E-state index in [9.17, 15) is 13.2 Å². The van der Waals surface area contributed by atoms with Gasteiger partial charge < -0.3 is 10.2 Å². The molecule has 2 N–H and O–H groups in total. The van der Waals surface area contributed by atoms with Crippen molar-refractivity contribution < 1.29 is 17.6 Å². The van der Waals surface area contributed by atoms with Gasteiger partial charge in [-0.05, 0) is 24.6 Å². The topological polar surface area (TPSA) is 52.0 Å². The zero-order valence-electron chi connectivity index (χ0n) is 9.79. The van der Waals surface area contributed by atoms with Crippen LogP contribution in [0.15, 0.2) is 22.6 Å². The van der Waals surface area contributed by atoms with Crippen LogP contribution in [0.2, 0.25) is 0 Å². The molecular formula is C12H13F3N2O. The van der Waals surface area contributed by atoms with E-state index in [-0.39, 0.29) is 11.4 Å². The van der Waals surface area contributed by atoms with Gasteiger partial charge >= 0.3 is 6.18 Å². The Kier molecular flexibility index (Phi) is 3.30. The number of halogens is 3. The molecule has 2 rings (SSSR count). The molecule has 0 saturated heterocycles. The maximum Gasteiger partial charge on any atom is 0.416 e. The van der Waals surface area contributed by atoms with Crippen LogP contribution in [-0.4, -0.2) is 11.5 Å². The zero-order chi connectivity index (χ0) is 13.3. The molecule has 0 saturated carbocycles. The van der Waals surface area contributed by atoms with Crippen molar-refractivity contribution in [2.75, 3.05) is 6.54 Å². The number of oxazole rings is 1. The largest absolute Gasteiger partial charge is 0.440 e. The molecule has 1 heterocycles. The summed E-state index contributed by atoms with van der Waals surface area (Å²) < 4.78 is 43.0. The Labute approximate surface area is 102 Å². The Morgan fingerprint density at radius 3 is 2.67 bits per heavy atom. The number of fused-ring (bicyclic) bond motifs is 1. The highest BCUT2D eigenvalue weighted by molar-refractivity contribution is 5.73. The molecule has 0 aliphatic carbocycles. The Balaban J connectivity index is 2.46. The van der Waals surface area contributed by atoms with Crippen LogP contribution in [-0.2, 0) is 6.18 Å². The normalized spacial score (nSPS) is 14.1. The lowest BCUT2D eigenvalue weighted by Crippen LogP contribution is -2.11. The minimum absolute atomic E-state index is 0.0632. The molecule has 1 unspecified atom stereocenters. The van der Waals surface area contributed by atoms with E-state index in [1.54, 1.807) is 0 Å². The van der Waals surface area contributed by atoms with E-state index in [1.807, 2.05) is 6.92 Å². The van der Waals surface area contributed by atoms with E-state index in [1.165, 1.54) is 6.07 Å². The molecule has 0 radical (unpaired) electrons. The van der Waals surface area contributed by atoms with Crippen LogP contribution in [0.25, 0.3) is 11.1 Å². The number of aromatic nitrogens is 1. The molecule has 1 aromatic carbocycles. The SMILES string of the molecule is CCC(CN)c1nc2cc(C(F)(F)F)ccc2o1. The van der Waals surface area contributed by atoms with Gasteiger partial charge in [0.25, 0.3) is 0 Å². The van der Waals surface area contributed by atoms with E-state index in [0.717, 1.165) is 18.6 Å². The van der Waals surface area contributed by atoms with Crippen molar-refractivity contribution in [3.63, 3.8) is 0 Å². The molecule has 0 fully saturated rings. The fraction of sp³-hybridized carbons (Fsp3) is 0.417. The minimum atomic E-state index is -4.37. The minimum Gasteiger partial charge on any atom is -0.440 e. The Morgan fingerprint density at radius 1 is 1.39 bits per heavy atom. The number of hydrogen-bond donors (Lipinski definition) is 1. The summed E-state index contributed by atoms with van der Waals surface area (Å²) in [4.78, 5) is 4.08. The van der Waals surface area contributed by atoms with Gasteiger partial charge in [-0.25, -0.2) is 4.98 Å². The predicted molar refractivity (Wildman–Crippen MR) is 61.1 cm³/mol. The van der Waals surface area contributed by atoms with Crippen LogP contribution in [0.1, 0.15) is 30.7 Å². The first kappa shape index (κ1) is 12.9. The van der Waals surface area contributed by atoms with Crippen molar-refractivity contribution in [1.29, 1.82) is 0 Å². The van der Waals surface area contributed by atoms with E-state index >= 15 is 0 Å². The number of nitrogens with two attached hydrogens (primary N) is 1. The summed E-state index contributed by atoms with van der Waals surface area (Å²) in [6.45, 7) is 2.28. The van der Waals surface area contributed by atoms with Crippen molar-refractivity contribution in [2.45, 2.75) is 25.4 Å². The molecule has 98 valence electrons. The van der Waals surface area contributed by atoms with E-state index < -0.39 is 11.7 Å². The number of nitrogens with zero attached hydrogens (tertiary/aromatic N) is 1. The van der Waals surface area contributed by atoms with Gasteiger partial charge in [-0.15, -0.1) is 0 Å². The second-order valence-corrected chi connectivity index (χ2v) is 4.07. The molecule has 18 heavy (non-hydrogen) atoms. The molecular weight excluding hydrogens is 245 g/mol. The summed E-state index contributed by atoms with van der Waals surface area (Å²) in [5, 5.41) is 0. The second-order valence-electron chi connectivity index (χ2n) is 4.07. The maximum atomic E-state index is 12.5. The Bertz CT molecular complexity index is 544. The van der Waals surface area contributed by atoms with Crippen LogP contribution in [0.5, 0.6) is 0 Å². The average Bonchev–Trinajstić information content (AvgIpc) is 2.71. The fourth-order valence-corrected chi connectivity index (χ4v) is 1.74. The predicted octanol–water partition coefficient (Wildman–Crippen LogP) is 3.30. The second kappa shape index (κ2) is 4.61. The van der Waals surface area contributed by atoms with Gasteiger partial charge in [-0.2, -0.15) is 13.2 Å². The fourth-order valence-electron chi connectivity index (χ4n) is 1.74. The molecule has 0 spiro atoms. The first-order valence-electron chi connectivity index (χ1n) is 5.63. The lowest BCUT2D eigenvalue weighted by Gasteiger charge is -2.05. The summed E-state index contributed by atoms with van der Waals surface area (Å²) in [5.74, 6) is 0.334. The number of rotatable bonds is 3. The molecule has 1 aromatic heterocycles. The maximum absolute atomic E-state index is 12.5. The summed E-state index contributed by atoms with van der Waals surface area (Å²) in [5.41, 5.74) is 5.40. The summed E-state index contributed by atoms with van der Waals surface area (Å²) in [6, 6.07) is 3.27. The van der Waals surface area contributed by atoms with Crippen molar-refractivity contribution >= 4 is 11.1 Å². The standard InChI is InChI=1S/C12H13F3N2O/c1-2-7(6-16)11-17-9-5-8(12(13,14)15)3-4-10(9)18-11/h3-5,7H,2,6,16H2,1H3. The average molecular weight is 258 g/mol. The first-order chi connectivity index (χ1) is 8.45. The van der Waals surface area contributed by atoms with Crippen molar-refractivity contribution in [1.82, 2.24) is 4.98 Å². The highest BCUT2D eigenvalue weighted by atomic mass is 19.4. The number of alkyl halides is 3. The number of benzene rings is 1. The van der Waals surface area contributed by atoms with Crippen LogP contribution in [0.4, 0.5) is 13.2 Å². The van der Waals surface area contributed by atoms with Crippen molar-refractivity contribution in [3.05, 3.63) is 29.7 Å². The zero-order valence-corrected chi connectivity index (χ0v) is 9.79. The van der Waals surface area contributed by atoms with Gasteiger partial charge in [0, 0.05) is 12.5 Å². The molecule has 6 heteroatoms. The van der Waals surface area contributed by atoms with Crippen LogP contribution < -0.4 is 5.73 Å². The lowest BCUT2D eigenvalue weighted by molar-refractivity contribution is -0.137. The molecule has 0 bridgehead atoms. The quantitative estimate of drug-likeness (QED) is 0.919. The summed E-state index contributed by atoms with van der Waals surface area (Å²) in [7, 11) is 0. The molecule has 0 aliphatic heterocycles. The van der Waals surface area contributed by atoms with Gasteiger partial charge in [-0.3, -0.25) is 0 Å². The van der Waals surface area contributed by atoms with E-state index in [2.05, 4.69) is 4.98 Å². The van der Waals surface area contributed by atoms with E-state index in [0.29, 0.717) is 18.0 Å². The summed E-state index contributed by atoms with van der Waals surface area (Å²) >= 11 is 0. The van der Waals surface area contributed by atoms with Crippen molar-refractivity contribution in [2.24, 2.45) is 5.73 Å². The summed E-state index contributed by atoms with van der Waals surface area (Å²) in [6.07, 6.45) is -3.64. The molecule has 2 aromatic rings. The van der Waals surface area contributed by atoms with Crippen molar-refractivity contribution in [3.8, 4) is 0 Å². The third kappa shape index (κ3) is 2.33. The van der Waals surface area contributed by atoms with Gasteiger partial charge in [0.15, 0.2) is 11.5 Å². The first-order valence-corrected chi connectivity index (χ1v) is 5.63. The molecule has 3 nitrogen and oxygen atoms in total. The van der Waals surface area contributed by atoms with Gasteiger partial charge in [-0.1, -0.05) is 6.92 Å². The lowest BCUT2D eigenvalue weighted by atomic mass is 10.1. The van der Waals surface area contributed by atoms with Gasteiger partial charge in [0.05, 0.1) is 5.56 Å². The highest BCUT2D eigenvalue weighted by Crippen LogP contribution is 2.32. The van der Waals surface area contributed by atoms with Crippen LogP contribution >= 0.6 is 0 Å². The monoisotopic (exact) mass is 258 g/mol. The Morgan fingerprint density at radius 2 is 2.11 bits per heavy atom. The number of hydrogen-bond acceptors (Lipinski definition) is 3. The van der Waals surface area contributed by atoms with E-state index in [4.69, 9.17) is 10.2 Å². The molecule has 0 amide bonds. The highest BCUT2D eigenvalue weighted by Gasteiger charge is 2.31. The Hall–Kier alpha value is -1.56. The molecule has 1 atom stereocenters. The van der Waals surface area contributed by atoms with Gasteiger partial charge in [0.2, 0.25) is 0 Å². The smallest absolute Gasteiger partial charge is 0.416 e. The third-order valence-electron chi connectivity index (χ3n) is 2.86. The molecule has 0 aliphatic rings. The third-order valence-corrected chi connectivity index (χ3v) is 2.86. The van der Waals surface area contributed by atoms with Crippen LogP contribution in [0, 0.1) is 0 Å². The van der Waals surface area contributed by atoms with Crippen LogP contribution in [0.3, 0.4) is 0 Å². The van der Waals surface area contributed by atoms with Gasteiger partial charge in [0.1, 0.15) is 5.52 Å².